The number of carbonyl (C=O) groups excluding carboxylic acids is 1. The molecule has 0 unspecified atom stereocenters. The van der Waals surface area contributed by atoms with Crippen molar-refractivity contribution in [1.29, 1.82) is 0 Å². The van der Waals surface area contributed by atoms with Crippen molar-refractivity contribution in [2.24, 2.45) is 17.8 Å². The maximum atomic E-state index is 12.4. The number of amides is 2. The van der Waals surface area contributed by atoms with E-state index in [4.69, 9.17) is 11.6 Å². The normalized spacial score (nSPS) is 31.0. The number of anilines is 1. The fourth-order valence-electron chi connectivity index (χ4n) is 7.08. The predicted molar refractivity (Wildman–Crippen MR) is 116 cm³/mol. The van der Waals surface area contributed by atoms with Crippen LogP contribution >= 0.6 is 11.6 Å². The Morgan fingerprint density at radius 3 is 2.57 bits per heavy atom. The smallest absolute Gasteiger partial charge is 0.319 e. The van der Waals surface area contributed by atoms with Crippen LogP contribution in [0.4, 0.5) is 10.5 Å². The zero-order valence-corrected chi connectivity index (χ0v) is 17.9. The van der Waals surface area contributed by atoms with E-state index in [0.717, 1.165) is 48.8 Å². The molecule has 158 valence electrons. The van der Waals surface area contributed by atoms with Gasteiger partial charge in [-0.15, -0.1) is 10.2 Å². The van der Waals surface area contributed by atoms with Gasteiger partial charge in [-0.3, -0.25) is 0 Å². The minimum absolute atomic E-state index is 0.269. The van der Waals surface area contributed by atoms with Crippen LogP contribution in [0.25, 0.3) is 0 Å². The third kappa shape index (κ3) is 3.11. The number of benzene rings is 1. The molecular weight excluding hydrogens is 398 g/mol. The Hall–Kier alpha value is -2.08. The number of urea groups is 1. The van der Waals surface area contributed by atoms with Crippen molar-refractivity contribution >= 4 is 23.3 Å². The molecule has 0 saturated heterocycles. The number of nitrogens with one attached hydrogen (secondary N) is 2. The molecule has 4 bridgehead atoms. The largest absolute Gasteiger partial charge is 0.331 e. The lowest BCUT2D eigenvalue weighted by atomic mass is 9.48. The first-order valence-corrected chi connectivity index (χ1v) is 11.7. The van der Waals surface area contributed by atoms with Crippen LogP contribution in [0.15, 0.2) is 18.2 Å². The molecule has 1 aliphatic heterocycles. The van der Waals surface area contributed by atoms with Gasteiger partial charge in [0.25, 0.3) is 0 Å². The van der Waals surface area contributed by atoms with E-state index in [9.17, 15) is 4.79 Å². The Balaban J connectivity index is 1.13. The van der Waals surface area contributed by atoms with Crippen molar-refractivity contribution in [3.63, 3.8) is 0 Å². The van der Waals surface area contributed by atoms with Gasteiger partial charge in [-0.2, -0.15) is 0 Å². The van der Waals surface area contributed by atoms with Crippen molar-refractivity contribution in [3.05, 3.63) is 40.4 Å². The second kappa shape index (κ2) is 6.98. The van der Waals surface area contributed by atoms with Crippen LogP contribution in [0.2, 0.25) is 5.02 Å². The standard InChI is InChI=1S/C23H28ClN5O/c24-18-9-17(23-10-14-6-15(11-23)8-16(7-14)12-23)3-4-19(18)26-22(30)25-13-21-28-27-20-2-1-5-29(20)21/h3-4,9,14-16H,1-2,5-8,10-13H2,(H2,25,26,30). The van der Waals surface area contributed by atoms with Gasteiger partial charge in [0.15, 0.2) is 5.82 Å². The minimum atomic E-state index is -0.269. The molecule has 2 heterocycles. The number of rotatable bonds is 4. The Bertz CT molecular complexity index is 964. The summed E-state index contributed by atoms with van der Waals surface area (Å²) in [6.07, 6.45) is 10.3. The maximum absolute atomic E-state index is 12.4. The summed E-state index contributed by atoms with van der Waals surface area (Å²) in [5, 5.41) is 14.8. The quantitative estimate of drug-likeness (QED) is 0.747. The van der Waals surface area contributed by atoms with Crippen LogP contribution in [0.5, 0.6) is 0 Å². The van der Waals surface area contributed by atoms with E-state index in [1.807, 2.05) is 6.07 Å². The average molecular weight is 426 g/mol. The molecule has 4 fully saturated rings. The number of aryl methyl sites for hydroxylation is 1. The number of hydrogen-bond donors (Lipinski definition) is 2. The van der Waals surface area contributed by atoms with Crippen molar-refractivity contribution in [2.45, 2.75) is 69.9 Å². The van der Waals surface area contributed by atoms with Crippen LogP contribution in [-0.2, 0) is 24.9 Å². The van der Waals surface area contributed by atoms with E-state index in [1.165, 1.54) is 44.1 Å². The third-order valence-electron chi connectivity index (χ3n) is 7.96. The fourth-order valence-corrected chi connectivity index (χ4v) is 7.31. The lowest BCUT2D eigenvalue weighted by Gasteiger charge is -2.57. The zero-order valence-electron chi connectivity index (χ0n) is 17.2. The highest BCUT2D eigenvalue weighted by molar-refractivity contribution is 6.33. The highest BCUT2D eigenvalue weighted by atomic mass is 35.5. The number of carbonyl (C=O) groups is 1. The van der Waals surface area contributed by atoms with Crippen molar-refractivity contribution < 1.29 is 4.79 Å². The van der Waals surface area contributed by atoms with Gasteiger partial charge < -0.3 is 15.2 Å². The van der Waals surface area contributed by atoms with Crippen LogP contribution < -0.4 is 10.6 Å². The van der Waals surface area contributed by atoms with E-state index in [-0.39, 0.29) is 6.03 Å². The third-order valence-corrected chi connectivity index (χ3v) is 8.27. The van der Waals surface area contributed by atoms with Crippen molar-refractivity contribution in [3.8, 4) is 0 Å². The zero-order chi connectivity index (χ0) is 20.3. The van der Waals surface area contributed by atoms with Crippen LogP contribution in [0.1, 0.15) is 62.2 Å². The first-order chi connectivity index (χ1) is 14.6. The molecule has 0 atom stereocenters. The first kappa shape index (κ1) is 18.7. The molecule has 4 saturated carbocycles. The lowest BCUT2D eigenvalue weighted by molar-refractivity contribution is -0.00517. The van der Waals surface area contributed by atoms with Gasteiger partial charge in [-0.1, -0.05) is 17.7 Å². The van der Waals surface area contributed by atoms with Gasteiger partial charge in [0, 0.05) is 13.0 Å². The van der Waals surface area contributed by atoms with Gasteiger partial charge in [-0.05, 0) is 85.8 Å². The van der Waals surface area contributed by atoms with Crippen molar-refractivity contribution in [2.75, 3.05) is 5.32 Å². The van der Waals surface area contributed by atoms with Crippen LogP contribution in [0, 0.1) is 17.8 Å². The molecule has 0 radical (unpaired) electrons. The second-order valence-electron chi connectivity index (χ2n) is 9.99. The van der Waals surface area contributed by atoms with E-state index in [2.05, 4.69) is 37.5 Å². The average Bonchev–Trinajstić information content (AvgIpc) is 3.31. The molecule has 4 aliphatic carbocycles. The second-order valence-corrected chi connectivity index (χ2v) is 10.4. The summed E-state index contributed by atoms with van der Waals surface area (Å²) in [6.45, 7) is 1.29. The first-order valence-electron chi connectivity index (χ1n) is 11.3. The fraction of sp³-hybridized carbons (Fsp3) is 0.609. The monoisotopic (exact) mass is 425 g/mol. The summed E-state index contributed by atoms with van der Waals surface area (Å²) >= 11 is 6.62. The summed E-state index contributed by atoms with van der Waals surface area (Å²) in [6, 6.07) is 6.01. The molecule has 0 spiro atoms. The number of fused-ring (bicyclic) bond motifs is 1. The molecule has 30 heavy (non-hydrogen) atoms. The van der Waals surface area contributed by atoms with Crippen molar-refractivity contribution in [1.82, 2.24) is 20.1 Å². The van der Waals surface area contributed by atoms with E-state index < -0.39 is 0 Å². The van der Waals surface area contributed by atoms with Crippen LogP contribution in [0.3, 0.4) is 0 Å². The van der Waals surface area contributed by atoms with Gasteiger partial charge in [0.1, 0.15) is 5.82 Å². The topological polar surface area (TPSA) is 71.8 Å². The minimum Gasteiger partial charge on any atom is -0.331 e. The van der Waals surface area contributed by atoms with E-state index in [0.29, 0.717) is 22.7 Å². The molecule has 2 aromatic rings. The van der Waals surface area contributed by atoms with E-state index >= 15 is 0 Å². The summed E-state index contributed by atoms with van der Waals surface area (Å²) in [5.74, 6) is 4.52. The molecule has 5 aliphatic rings. The Morgan fingerprint density at radius 1 is 1.13 bits per heavy atom. The number of nitrogens with zero attached hydrogens (tertiary/aromatic N) is 3. The summed E-state index contributed by atoms with van der Waals surface area (Å²) < 4.78 is 2.09. The SMILES string of the molecule is O=C(NCc1nnc2n1CCC2)Nc1ccc(C23CC4CC(CC(C4)C2)C3)cc1Cl. The van der Waals surface area contributed by atoms with Crippen LogP contribution in [-0.4, -0.2) is 20.8 Å². The molecular formula is C23H28ClN5O. The molecule has 2 amide bonds. The van der Waals surface area contributed by atoms with Gasteiger partial charge in [0.05, 0.1) is 17.3 Å². The van der Waals surface area contributed by atoms with Gasteiger partial charge in [0.2, 0.25) is 0 Å². The summed E-state index contributed by atoms with van der Waals surface area (Å²) in [4.78, 5) is 12.4. The van der Waals surface area contributed by atoms with Gasteiger partial charge in [-0.25, -0.2) is 4.79 Å². The predicted octanol–water partition coefficient (Wildman–Crippen LogP) is 4.67. The Morgan fingerprint density at radius 2 is 1.87 bits per heavy atom. The summed E-state index contributed by atoms with van der Waals surface area (Å²) in [7, 11) is 0. The highest BCUT2D eigenvalue weighted by Crippen LogP contribution is 2.60. The summed E-state index contributed by atoms with van der Waals surface area (Å²) in [5.41, 5.74) is 2.35. The Kier molecular flexibility index (Phi) is 4.34. The lowest BCUT2D eigenvalue weighted by Crippen LogP contribution is -2.48. The molecule has 1 aromatic carbocycles. The maximum Gasteiger partial charge on any atom is 0.319 e. The molecule has 7 rings (SSSR count). The Labute approximate surface area is 181 Å². The highest BCUT2D eigenvalue weighted by Gasteiger charge is 2.51. The number of halogens is 1. The number of aromatic nitrogens is 3. The molecule has 1 aromatic heterocycles. The number of hydrogen-bond acceptors (Lipinski definition) is 3. The van der Waals surface area contributed by atoms with E-state index in [1.54, 1.807) is 0 Å². The molecule has 6 nitrogen and oxygen atoms in total. The van der Waals surface area contributed by atoms with Gasteiger partial charge >= 0.3 is 6.03 Å². The molecule has 7 heteroatoms. The molecule has 2 N–H and O–H groups in total.